The summed E-state index contributed by atoms with van der Waals surface area (Å²) in [6.45, 7) is 10.0. The molecule has 0 saturated carbocycles. The van der Waals surface area contributed by atoms with Crippen LogP contribution in [0.3, 0.4) is 0 Å². The summed E-state index contributed by atoms with van der Waals surface area (Å²) < 4.78 is 0.877. The summed E-state index contributed by atoms with van der Waals surface area (Å²) in [4.78, 5) is 0. The van der Waals surface area contributed by atoms with Crippen LogP contribution in [-0.4, -0.2) is 24.5 Å². The van der Waals surface area contributed by atoms with Gasteiger partial charge in [-0.15, -0.1) is 15.8 Å². The highest BCUT2D eigenvalue weighted by Gasteiger charge is 2.44. The lowest BCUT2D eigenvalue weighted by atomic mass is 9.94. The van der Waals surface area contributed by atoms with Crippen LogP contribution >= 0.6 is 0 Å². The Labute approximate surface area is 110 Å². The van der Waals surface area contributed by atoms with E-state index in [0.717, 1.165) is 4.28 Å². The SMILES string of the molecule is C[CH2][Al]1[CH2]CCCC[C](CC)(CC)[Al]1[CH2]C. The highest BCUT2D eigenvalue weighted by molar-refractivity contribution is 7.23. The number of rotatable bonds is 4. The average Bonchev–Trinajstić information content (AvgIpc) is 2.30. The van der Waals surface area contributed by atoms with E-state index in [9.17, 15) is 0 Å². The smallest absolute Gasteiger partial charge is 0.106 e. The molecule has 0 bridgehead atoms. The van der Waals surface area contributed by atoms with Gasteiger partial charge in [0.05, 0.1) is 0 Å². The quantitative estimate of drug-likeness (QED) is 0.601. The third-order valence-corrected chi connectivity index (χ3v) is 21.7. The second kappa shape index (κ2) is 7.49. The zero-order valence-electron chi connectivity index (χ0n) is 12.0. The molecule has 0 aliphatic carbocycles. The first kappa shape index (κ1) is 15.1. The van der Waals surface area contributed by atoms with Crippen LogP contribution in [0.1, 0.15) is 66.2 Å². The topological polar surface area (TPSA) is 0 Å². The van der Waals surface area contributed by atoms with Crippen LogP contribution in [0.5, 0.6) is 0 Å². The van der Waals surface area contributed by atoms with Crippen LogP contribution in [-0.2, 0) is 0 Å². The minimum atomic E-state index is -0.406. The van der Waals surface area contributed by atoms with Gasteiger partial charge in [-0.25, -0.2) is 0 Å². The second-order valence-corrected chi connectivity index (χ2v) is 17.3. The molecule has 0 radical (unpaired) electrons. The summed E-state index contributed by atoms with van der Waals surface area (Å²) >= 11 is -0.722. The number of hydrogen-bond acceptors (Lipinski definition) is 0. The molecular weight excluding hydrogens is 222 g/mol. The van der Waals surface area contributed by atoms with Crippen LogP contribution in [0.25, 0.3) is 0 Å². The fraction of sp³-hybridized carbons (Fsp3) is 1.00. The van der Waals surface area contributed by atoms with E-state index in [-0.39, 0.29) is 12.2 Å². The normalized spacial score (nSPS) is 21.8. The van der Waals surface area contributed by atoms with Crippen LogP contribution in [0.15, 0.2) is 0 Å². The first-order valence-electron chi connectivity index (χ1n) is 7.74. The summed E-state index contributed by atoms with van der Waals surface area (Å²) in [7, 11) is 0. The largest absolute Gasteiger partial charge is 0.209 e. The van der Waals surface area contributed by atoms with Gasteiger partial charge in [-0.1, -0.05) is 70.5 Å². The minimum absolute atomic E-state index is 0.316. The fourth-order valence-corrected chi connectivity index (χ4v) is 21.2. The molecule has 1 rings (SSSR count). The molecule has 1 heterocycles. The van der Waals surface area contributed by atoms with Crippen molar-refractivity contribution >= 4 is 24.5 Å². The van der Waals surface area contributed by atoms with E-state index >= 15 is 0 Å². The molecule has 92 valence electrons. The Morgan fingerprint density at radius 2 is 1.56 bits per heavy atom. The van der Waals surface area contributed by atoms with Gasteiger partial charge in [0.15, 0.2) is 12.2 Å². The first-order valence-corrected chi connectivity index (χ1v) is 13.4. The standard InChI is InChI=1S/C10H20.2C2H5.2Al/c1-4-7-8-9-10(5-2)6-3;2*1-2;;/h1,4-9H2,2-3H3;2*1H2,2H3;;. The molecule has 0 aromatic rings. The Morgan fingerprint density at radius 3 is 2.06 bits per heavy atom. The van der Waals surface area contributed by atoms with Crippen LogP contribution < -0.4 is 0 Å². The molecule has 0 aromatic carbocycles. The zero-order valence-corrected chi connectivity index (χ0v) is 14.3. The molecule has 1 fully saturated rings. The van der Waals surface area contributed by atoms with E-state index < -0.39 is 12.2 Å². The summed E-state index contributed by atoms with van der Waals surface area (Å²) in [5.41, 5.74) is 0. The van der Waals surface area contributed by atoms with Gasteiger partial charge in [-0.05, 0) is 0 Å². The predicted octanol–water partition coefficient (Wildman–Crippen LogP) is 5.23. The fourth-order valence-electron chi connectivity index (χ4n) is 4.33. The van der Waals surface area contributed by atoms with Crippen LogP contribution in [0.4, 0.5) is 0 Å². The molecule has 0 N–H and O–H groups in total. The van der Waals surface area contributed by atoms with E-state index in [1.165, 1.54) is 25.7 Å². The second-order valence-electron chi connectivity index (χ2n) is 5.85. The minimum Gasteiger partial charge on any atom is -0.106 e. The maximum Gasteiger partial charge on any atom is 0.209 e. The molecular formula is C14H30Al2. The number of hydrogen-bond donors (Lipinski definition) is 0. The van der Waals surface area contributed by atoms with E-state index in [4.69, 9.17) is 0 Å². The summed E-state index contributed by atoms with van der Waals surface area (Å²) in [5, 5.41) is 4.90. The van der Waals surface area contributed by atoms with Gasteiger partial charge in [0, 0.05) is 0 Å². The van der Waals surface area contributed by atoms with Gasteiger partial charge in [-0.2, -0.15) is 0 Å². The van der Waals surface area contributed by atoms with Crippen molar-refractivity contribution in [3.05, 3.63) is 0 Å². The lowest BCUT2D eigenvalue weighted by Crippen LogP contribution is -2.45. The van der Waals surface area contributed by atoms with Gasteiger partial charge in [0.1, 0.15) is 0 Å². The van der Waals surface area contributed by atoms with Crippen LogP contribution in [0.2, 0.25) is 20.1 Å². The summed E-state index contributed by atoms with van der Waals surface area (Å²) in [6.07, 6.45) is 9.24. The van der Waals surface area contributed by atoms with Crippen molar-refractivity contribution in [1.29, 1.82) is 0 Å². The Kier molecular flexibility index (Phi) is 7.08. The van der Waals surface area contributed by atoms with Gasteiger partial charge in [0.2, 0.25) is 12.2 Å². The monoisotopic (exact) mass is 252 g/mol. The molecule has 0 amide bonds. The van der Waals surface area contributed by atoms with Gasteiger partial charge < -0.3 is 0 Å². The Hall–Kier alpha value is 1.06. The highest BCUT2D eigenvalue weighted by atomic mass is 28.1. The van der Waals surface area contributed by atoms with Crippen molar-refractivity contribution < 1.29 is 0 Å². The molecule has 1 aliphatic rings. The van der Waals surface area contributed by atoms with Crippen LogP contribution in [0, 0.1) is 0 Å². The molecule has 0 nitrogen and oxygen atoms in total. The van der Waals surface area contributed by atoms with Crippen molar-refractivity contribution in [2.75, 3.05) is 0 Å². The molecule has 0 aromatic heterocycles. The maximum atomic E-state index is 2.52. The van der Waals surface area contributed by atoms with Crippen molar-refractivity contribution in [2.24, 2.45) is 0 Å². The lowest BCUT2D eigenvalue weighted by Gasteiger charge is -2.41. The molecule has 16 heavy (non-hydrogen) atoms. The third-order valence-electron chi connectivity index (χ3n) is 5.48. The van der Waals surface area contributed by atoms with Crippen molar-refractivity contribution in [2.45, 2.75) is 86.3 Å². The predicted molar refractivity (Wildman–Crippen MR) is 79.0 cm³/mol. The van der Waals surface area contributed by atoms with Gasteiger partial charge >= 0.3 is 0 Å². The Morgan fingerprint density at radius 1 is 0.875 bits per heavy atom. The highest BCUT2D eigenvalue weighted by Crippen LogP contribution is 2.47. The van der Waals surface area contributed by atoms with E-state index in [0.29, 0.717) is 0 Å². The van der Waals surface area contributed by atoms with E-state index in [2.05, 4.69) is 27.7 Å². The molecule has 1 saturated heterocycles. The first-order chi connectivity index (χ1) is 7.74. The Bertz CT molecular complexity index is 187. The van der Waals surface area contributed by atoms with Gasteiger partial charge in [0.25, 0.3) is 0 Å². The van der Waals surface area contributed by atoms with Crippen molar-refractivity contribution in [3.8, 4) is 0 Å². The van der Waals surface area contributed by atoms with E-state index in [1.54, 1.807) is 28.7 Å². The molecule has 0 unspecified atom stereocenters. The molecule has 0 spiro atoms. The van der Waals surface area contributed by atoms with Crippen molar-refractivity contribution in [1.82, 2.24) is 0 Å². The lowest BCUT2D eigenvalue weighted by molar-refractivity contribution is 0.441. The summed E-state index contributed by atoms with van der Waals surface area (Å²) in [5.74, 6) is 0. The maximum absolute atomic E-state index is 2.52. The Balaban J connectivity index is 2.89. The molecule has 0 atom stereocenters. The third kappa shape index (κ3) is 3.30. The molecule has 2 heteroatoms. The average molecular weight is 252 g/mol. The van der Waals surface area contributed by atoms with Gasteiger partial charge in [-0.3, -0.25) is 0 Å². The van der Waals surface area contributed by atoms with E-state index in [1.807, 2.05) is 0 Å². The zero-order chi connectivity index (χ0) is 12.0. The molecule has 1 aliphatic heterocycles. The summed E-state index contributed by atoms with van der Waals surface area (Å²) in [6, 6.07) is 0. The van der Waals surface area contributed by atoms with Crippen molar-refractivity contribution in [3.63, 3.8) is 0 Å².